The Labute approximate surface area is 121 Å². The Morgan fingerprint density at radius 2 is 2.00 bits per heavy atom. The van der Waals surface area contributed by atoms with Crippen LogP contribution in [0, 0.1) is 11.8 Å². The third-order valence-electron chi connectivity index (χ3n) is 4.58. The first-order valence-electron chi connectivity index (χ1n) is 7.31. The zero-order valence-electron chi connectivity index (χ0n) is 12.1. The molecule has 0 amide bonds. The molecule has 0 bridgehead atoms. The van der Waals surface area contributed by atoms with Crippen molar-refractivity contribution in [1.82, 2.24) is 9.62 Å². The normalized spacial score (nSPS) is 23.4. The molecule has 110 valence electrons. The van der Waals surface area contributed by atoms with Crippen LogP contribution in [-0.2, 0) is 23.1 Å². The molecule has 1 unspecified atom stereocenters. The molecule has 3 rings (SSSR count). The van der Waals surface area contributed by atoms with Crippen LogP contribution in [0.5, 0.6) is 0 Å². The van der Waals surface area contributed by atoms with Crippen molar-refractivity contribution in [3.8, 4) is 0 Å². The fourth-order valence-corrected chi connectivity index (χ4v) is 4.66. The van der Waals surface area contributed by atoms with Crippen LogP contribution in [0.1, 0.15) is 31.4 Å². The maximum absolute atomic E-state index is 12.7. The van der Waals surface area contributed by atoms with E-state index in [2.05, 4.69) is 19.2 Å². The van der Waals surface area contributed by atoms with E-state index in [0.717, 1.165) is 25.1 Å². The van der Waals surface area contributed by atoms with Crippen molar-refractivity contribution in [2.75, 3.05) is 13.1 Å². The SMILES string of the molecule is CC(C)C1CCN(S(=O)(=O)c2ccc3c(c2)CNC3)C1. The maximum Gasteiger partial charge on any atom is 0.243 e. The number of rotatable bonds is 3. The summed E-state index contributed by atoms with van der Waals surface area (Å²) in [6.07, 6.45) is 0.976. The molecule has 20 heavy (non-hydrogen) atoms. The minimum absolute atomic E-state index is 0.448. The lowest BCUT2D eigenvalue weighted by molar-refractivity contribution is 0.388. The molecule has 1 N–H and O–H groups in total. The van der Waals surface area contributed by atoms with Gasteiger partial charge in [0.25, 0.3) is 0 Å². The lowest BCUT2D eigenvalue weighted by atomic mass is 9.96. The zero-order valence-corrected chi connectivity index (χ0v) is 12.9. The van der Waals surface area contributed by atoms with Crippen LogP contribution in [0.15, 0.2) is 23.1 Å². The Bertz CT molecular complexity index is 610. The zero-order chi connectivity index (χ0) is 14.3. The Morgan fingerprint density at radius 3 is 2.70 bits per heavy atom. The summed E-state index contributed by atoms with van der Waals surface area (Å²) >= 11 is 0. The molecule has 0 aromatic heterocycles. The van der Waals surface area contributed by atoms with Crippen molar-refractivity contribution in [2.45, 2.75) is 38.3 Å². The summed E-state index contributed by atoms with van der Waals surface area (Å²) in [6.45, 7) is 7.27. The second-order valence-corrected chi connectivity index (χ2v) is 8.13. The molecule has 1 saturated heterocycles. The van der Waals surface area contributed by atoms with Crippen LogP contribution in [0.3, 0.4) is 0 Å². The molecule has 1 aromatic carbocycles. The van der Waals surface area contributed by atoms with Gasteiger partial charge in [0.15, 0.2) is 0 Å². The summed E-state index contributed by atoms with van der Waals surface area (Å²) in [7, 11) is -3.32. The average molecular weight is 294 g/mol. The van der Waals surface area contributed by atoms with Crippen LogP contribution in [0.2, 0.25) is 0 Å². The van der Waals surface area contributed by atoms with E-state index in [1.165, 1.54) is 5.56 Å². The van der Waals surface area contributed by atoms with E-state index in [9.17, 15) is 8.42 Å². The highest BCUT2D eigenvalue weighted by molar-refractivity contribution is 7.89. The van der Waals surface area contributed by atoms with Crippen LogP contribution >= 0.6 is 0 Å². The number of hydrogen-bond acceptors (Lipinski definition) is 3. The van der Waals surface area contributed by atoms with E-state index in [4.69, 9.17) is 0 Å². The number of fused-ring (bicyclic) bond motifs is 1. The Kier molecular flexibility index (Phi) is 3.60. The monoisotopic (exact) mass is 294 g/mol. The quantitative estimate of drug-likeness (QED) is 0.927. The largest absolute Gasteiger partial charge is 0.309 e. The highest BCUT2D eigenvalue weighted by Crippen LogP contribution is 2.29. The van der Waals surface area contributed by atoms with Gasteiger partial charge < -0.3 is 5.32 Å². The highest BCUT2D eigenvalue weighted by Gasteiger charge is 2.34. The Morgan fingerprint density at radius 1 is 1.25 bits per heavy atom. The number of benzene rings is 1. The predicted octanol–water partition coefficient (Wildman–Crippen LogP) is 1.96. The van der Waals surface area contributed by atoms with E-state index in [1.54, 1.807) is 10.4 Å². The first kappa shape index (κ1) is 14.0. The molecule has 0 saturated carbocycles. The molecule has 1 aromatic rings. The van der Waals surface area contributed by atoms with Gasteiger partial charge in [0, 0.05) is 26.2 Å². The van der Waals surface area contributed by atoms with Gasteiger partial charge in [0.2, 0.25) is 10.0 Å². The van der Waals surface area contributed by atoms with Crippen LogP contribution in [0.25, 0.3) is 0 Å². The van der Waals surface area contributed by atoms with Crippen molar-refractivity contribution in [3.05, 3.63) is 29.3 Å². The van der Waals surface area contributed by atoms with Gasteiger partial charge in [0.05, 0.1) is 4.90 Å². The third-order valence-corrected chi connectivity index (χ3v) is 6.44. The lowest BCUT2D eigenvalue weighted by Gasteiger charge is -2.18. The third kappa shape index (κ3) is 2.38. The fraction of sp³-hybridized carbons (Fsp3) is 0.600. The molecule has 0 spiro atoms. The minimum atomic E-state index is -3.32. The van der Waals surface area contributed by atoms with Gasteiger partial charge in [-0.2, -0.15) is 4.31 Å². The van der Waals surface area contributed by atoms with Crippen LogP contribution in [-0.4, -0.2) is 25.8 Å². The average Bonchev–Trinajstić information content (AvgIpc) is 3.07. The van der Waals surface area contributed by atoms with E-state index >= 15 is 0 Å². The first-order valence-corrected chi connectivity index (χ1v) is 8.75. The molecule has 4 nitrogen and oxygen atoms in total. The van der Waals surface area contributed by atoms with Gasteiger partial charge >= 0.3 is 0 Å². The summed E-state index contributed by atoms with van der Waals surface area (Å²) < 4.78 is 27.1. The molecule has 0 radical (unpaired) electrons. The summed E-state index contributed by atoms with van der Waals surface area (Å²) in [5, 5.41) is 3.25. The van der Waals surface area contributed by atoms with Gasteiger partial charge in [-0.15, -0.1) is 0 Å². The number of nitrogens with one attached hydrogen (secondary N) is 1. The highest BCUT2D eigenvalue weighted by atomic mass is 32.2. The Hall–Kier alpha value is -0.910. The van der Waals surface area contributed by atoms with Crippen molar-refractivity contribution in [2.24, 2.45) is 11.8 Å². The second-order valence-electron chi connectivity index (χ2n) is 6.19. The van der Waals surface area contributed by atoms with Gasteiger partial charge in [0.1, 0.15) is 0 Å². The van der Waals surface area contributed by atoms with Crippen LogP contribution in [0.4, 0.5) is 0 Å². The number of sulfonamides is 1. The van der Waals surface area contributed by atoms with E-state index in [1.807, 2.05) is 12.1 Å². The fourth-order valence-electron chi connectivity index (χ4n) is 3.10. The molecule has 2 aliphatic rings. The van der Waals surface area contributed by atoms with E-state index < -0.39 is 10.0 Å². The number of nitrogens with zero attached hydrogens (tertiary/aromatic N) is 1. The Balaban J connectivity index is 1.86. The lowest BCUT2D eigenvalue weighted by Crippen LogP contribution is -2.29. The van der Waals surface area contributed by atoms with Crippen molar-refractivity contribution in [3.63, 3.8) is 0 Å². The second kappa shape index (κ2) is 5.13. The molecular formula is C15H22N2O2S. The van der Waals surface area contributed by atoms with E-state index in [0.29, 0.717) is 29.8 Å². The van der Waals surface area contributed by atoms with Crippen molar-refractivity contribution in [1.29, 1.82) is 0 Å². The first-order chi connectivity index (χ1) is 9.48. The predicted molar refractivity (Wildman–Crippen MR) is 78.7 cm³/mol. The molecular weight excluding hydrogens is 272 g/mol. The standard InChI is InChI=1S/C15H22N2O2S/c1-11(2)13-5-6-17(10-13)20(18,19)15-4-3-12-8-16-9-14(12)7-15/h3-4,7,11,13,16H,5-6,8-10H2,1-2H3. The summed E-state index contributed by atoms with van der Waals surface area (Å²) in [4.78, 5) is 0.448. The van der Waals surface area contributed by atoms with Gasteiger partial charge in [-0.05, 0) is 41.5 Å². The summed E-state index contributed by atoms with van der Waals surface area (Å²) in [5.74, 6) is 1.03. The molecule has 1 atom stereocenters. The van der Waals surface area contributed by atoms with Gasteiger partial charge in [-0.3, -0.25) is 0 Å². The smallest absolute Gasteiger partial charge is 0.243 e. The van der Waals surface area contributed by atoms with Gasteiger partial charge in [-0.25, -0.2) is 8.42 Å². The molecule has 2 aliphatic heterocycles. The van der Waals surface area contributed by atoms with E-state index in [-0.39, 0.29) is 0 Å². The topological polar surface area (TPSA) is 49.4 Å². The molecule has 5 heteroatoms. The van der Waals surface area contributed by atoms with Crippen molar-refractivity contribution < 1.29 is 8.42 Å². The van der Waals surface area contributed by atoms with Crippen LogP contribution < -0.4 is 5.32 Å². The minimum Gasteiger partial charge on any atom is -0.309 e. The molecule has 2 heterocycles. The number of hydrogen-bond donors (Lipinski definition) is 1. The molecule has 1 fully saturated rings. The van der Waals surface area contributed by atoms with Crippen molar-refractivity contribution >= 4 is 10.0 Å². The summed E-state index contributed by atoms with van der Waals surface area (Å²) in [5.41, 5.74) is 2.33. The molecule has 0 aliphatic carbocycles. The summed E-state index contributed by atoms with van der Waals surface area (Å²) in [6, 6.07) is 5.54. The maximum atomic E-state index is 12.7. The van der Waals surface area contributed by atoms with Gasteiger partial charge in [-0.1, -0.05) is 19.9 Å².